The van der Waals surface area contributed by atoms with E-state index in [2.05, 4.69) is 4.98 Å². The number of rotatable bonds is 1. The van der Waals surface area contributed by atoms with Crippen molar-refractivity contribution in [3.63, 3.8) is 0 Å². The third-order valence-corrected chi connectivity index (χ3v) is 2.95. The van der Waals surface area contributed by atoms with Crippen LogP contribution in [0.4, 0.5) is 0 Å². The van der Waals surface area contributed by atoms with E-state index in [0.717, 1.165) is 11.1 Å². The summed E-state index contributed by atoms with van der Waals surface area (Å²) in [5, 5.41) is 9.74. The van der Waals surface area contributed by atoms with Gasteiger partial charge in [-0.15, -0.1) is 0 Å². The molecular weight excluding hydrogens is 243 g/mol. The summed E-state index contributed by atoms with van der Waals surface area (Å²) in [4.78, 5) is 3.98. The van der Waals surface area contributed by atoms with E-state index in [-0.39, 0.29) is 0 Å². The van der Waals surface area contributed by atoms with Crippen molar-refractivity contribution < 1.29 is 0 Å². The number of aromatic nitrogens is 1. The van der Waals surface area contributed by atoms with Crippen LogP contribution in [0.5, 0.6) is 0 Å². The fourth-order valence-electron chi connectivity index (χ4n) is 1.38. The van der Waals surface area contributed by atoms with Crippen LogP contribution in [0.2, 0.25) is 10.0 Å². The first-order valence-electron chi connectivity index (χ1n) is 4.52. The number of nitriles is 1. The zero-order valence-electron chi connectivity index (χ0n) is 8.11. The number of nitrogens with zero attached hydrogens (tertiary/aromatic N) is 2. The molecule has 0 aliphatic rings. The second-order valence-corrected chi connectivity index (χ2v) is 3.96. The van der Waals surface area contributed by atoms with Gasteiger partial charge in [0.1, 0.15) is 6.07 Å². The molecule has 4 heteroatoms. The monoisotopic (exact) mass is 248 g/mol. The number of halogens is 2. The topological polar surface area (TPSA) is 36.7 Å². The molecule has 78 valence electrons. The van der Waals surface area contributed by atoms with Gasteiger partial charge in [-0.05, 0) is 12.1 Å². The van der Waals surface area contributed by atoms with Gasteiger partial charge in [0.15, 0.2) is 0 Å². The van der Waals surface area contributed by atoms with E-state index in [9.17, 15) is 0 Å². The van der Waals surface area contributed by atoms with Gasteiger partial charge in [0.25, 0.3) is 0 Å². The van der Waals surface area contributed by atoms with Crippen LogP contribution in [0.1, 0.15) is 5.56 Å². The van der Waals surface area contributed by atoms with Gasteiger partial charge in [-0.25, -0.2) is 0 Å². The van der Waals surface area contributed by atoms with Gasteiger partial charge in [0.05, 0.1) is 15.6 Å². The van der Waals surface area contributed by atoms with E-state index in [1.54, 1.807) is 18.3 Å². The van der Waals surface area contributed by atoms with Crippen molar-refractivity contribution in [3.05, 3.63) is 52.3 Å². The van der Waals surface area contributed by atoms with Gasteiger partial charge in [-0.1, -0.05) is 35.3 Å². The molecule has 2 aromatic rings. The highest BCUT2D eigenvalue weighted by Gasteiger charge is 2.07. The summed E-state index contributed by atoms with van der Waals surface area (Å²) in [7, 11) is 0. The molecule has 0 amide bonds. The summed E-state index contributed by atoms with van der Waals surface area (Å²) >= 11 is 12.0. The van der Waals surface area contributed by atoms with Crippen molar-refractivity contribution in [2.24, 2.45) is 0 Å². The van der Waals surface area contributed by atoms with E-state index >= 15 is 0 Å². The Morgan fingerprint density at radius 2 is 2.00 bits per heavy atom. The summed E-state index contributed by atoms with van der Waals surface area (Å²) in [5.74, 6) is 0. The van der Waals surface area contributed by atoms with Crippen LogP contribution < -0.4 is 0 Å². The fourth-order valence-corrected chi connectivity index (χ4v) is 1.78. The van der Waals surface area contributed by atoms with Crippen LogP contribution in [-0.4, -0.2) is 4.98 Å². The summed E-state index contributed by atoms with van der Waals surface area (Å²) in [6.07, 6.45) is 3.15. The Bertz CT molecular complexity index is 573. The van der Waals surface area contributed by atoms with Gasteiger partial charge in [-0.2, -0.15) is 5.26 Å². The molecule has 1 heterocycles. The highest BCUT2D eigenvalue weighted by molar-refractivity contribution is 6.43. The highest BCUT2D eigenvalue weighted by atomic mass is 35.5. The van der Waals surface area contributed by atoms with Crippen LogP contribution in [0.25, 0.3) is 11.1 Å². The normalized spacial score (nSPS) is 9.81. The molecule has 2 nitrogen and oxygen atoms in total. The Morgan fingerprint density at radius 1 is 1.19 bits per heavy atom. The second kappa shape index (κ2) is 4.52. The smallest absolute Gasteiger partial charge is 0.101 e. The molecule has 0 N–H and O–H groups in total. The predicted octanol–water partition coefficient (Wildman–Crippen LogP) is 3.93. The molecule has 0 aliphatic carbocycles. The SMILES string of the molecule is N#Cc1cncc(-c2cccc(Cl)c2Cl)c1. The van der Waals surface area contributed by atoms with Crippen molar-refractivity contribution in [2.45, 2.75) is 0 Å². The average Bonchev–Trinajstić information content (AvgIpc) is 2.33. The van der Waals surface area contributed by atoms with Crippen molar-refractivity contribution in [1.82, 2.24) is 4.98 Å². The molecule has 0 fully saturated rings. The third kappa shape index (κ3) is 2.01. The molecule has 0 unspecified atom stereocenters. The van der Waals surface area contributed by atoms with Gasteiger partial charge >= 0.3 is 0 Å². The number of hydrogen-bond acceptors (Lipinski definition) is 2. The molecule has 0 spiro atoms. The van der Waals surface area contributed by atoms with Crippen LogP contribution in [-0.2, 0) is 0 Å². The molecule has 16 heavy (non-hydrogen) atoms. The Labute approximate surface area is 103 Å². The van der Waals surface area contributed by atoms with Crippen molar-refractivity contribution in [3.8, 4) is 17.2 Å². The molecule has 0 bridgehead atoms. The average molecular weight is 249 g/mol. The van der Waals surface area contributed by atoms with Crippen molar-refractivity contribution in [2.75, 3.05) is 0 Å². The number of benzene rings is 1. The quantitative estimate of drug-likeness (QED) is 0.767. The first-order chi connectivity index (χ1) is 7.72. The molecule has 2 rings (SSSR count). The van der Waals surface area contributed by atoms with Crippen LogP contribution in [0, 0.1) is 11.3 Å². The molecule has 0 radical (unpaired) electrons. The molecule has 0 aliphatic heterocycles. The lowest BCUT2D eigenvalue weighted by Crippen LogP contribution is -1.84. The zero-order valence-corrected chi connectivity index (χ0v) is 9.63. The highest BCUT2D eigenvalue weighted by Crippen LogP contribution is 2.33. The molecule has 1 aromatic carbocycles. The Morgan fingerprint density at radius 3 is 2.75 bits per heavy atom. The Hall–Kier alpha value is -1.56. The largest absolute Gasteiger partial charge is 0.263 e. The zero-order chi connectivity index (χ0) is 11.5. The predicted molar refractivity (Wildman–Crippen MR) is 64.4 cm³/mol. The minimum Gasteiger partial charge on any atom is -0.263 e. The first-order valence-corrected chi connectivity index (χ1v) is 5.27. The minimum absolute atomic E-state index is 0.473. The molecule has 0 saturated heterocycles. The van der Waals surface area contributed by atoms with Crippen LogP contribution in [0.3, 0.4) is 0 Å². The third-order valence-electron chi connectivity index (χ3n) is 2.13. The van der Waals surface area contributed by atoms with E-state index < -0.39 is 0 Å². The lowest BCUT2D eigenvalue weighted by molar-refractivity contribution is 1.30. The number of hydrogen-bond donors (Lipinski definition) is 0. The van der Waals surface area contributed by atoms with E-state index in [1.807, 2.05) is 18.2 Å². The first kappa shape index (κ1) is 10.9. The maximum atomic E-state index is 8.78. The summed E-state index contributed by atoms with van der Waals surface area (Å²) in [6.45, 7) is 0. The summed E-state index contributed by atoms with van der Waals surface area (Å²) in [5.41, 5.74) is 2.05. The van der Waals surface area contributed by atoms with Crippen LogP contribution in [0.15, 0.2) is 36.7 Å². The Kier molecular flexibility index (Phi) is 3.09. The second-order valence-electron chi connectivity index (χ2n) is 3.18. The number of pyridine rings is 1. The van der Waals surface area contributed by atoms with Gasteiger partial charge < -0.3 is 0 Å². The molecule has 1 aromatic heterocycles. The lowest BCUT2D eigenvalue weighted by atomic mass is 10.1. The van der Waals surface area contributed by atoms with Crippen molar-refractivity contribution in [1.29, 1.82) is 5.26 Å². The van der Waals surface area contributed by atoms with Gasteiger partial charge in [0, 0.05) is 23.5 Å². The van der Waals surface area contributed by atoms with Crippen molar-refractivity contribution >= 4 is 23.2 Å². The maximum Gasteiger partial charge on any atom is 0.101 e. The van der Waals surface area contributed by atoms with Crippen LogP contribution >= 0.6 is 23.2 Å². The van der Waals surface area contributed by atoms with E-state index in [4.69, 9.17) is 28.5 Å². The Balaban J connectivity index is 2.59. The van der Waals surface area contributed by atoms with Gasteiger partial charge in [-0.3, -0.25) is 4.98 Å². The lowest BCUT2D eigenvalue weighted by Gasteiger charge is -2.05. The summed E-state index contributed by atoms with van der Waals surface area (Å²) in [6, 6.07) is 9.12. The fraction of sp³-hybridized carbons (Fsp3) is 0. The molecular formula is C12H6Cl2N2. The summed E-state index contributed by atoms with van der Waals surface area (Å²) < 4.78 is 0. The molecule has 0 saturated carbocycles. The van der Waals surface area contributed by atoms with E-state index in [0.29, 0.717) is 15.6 Å². The van der Waals surface area contributed by atoms with Gasteiger partial charge in [0.2, 0.25) is 0 Å². The maximum absolute atomic E-state index is 8.78. The molecule has 0 atom stereocenters. The standard InChI is InChI=1S/C12H6Cl2N2/c13-11-3-1-2-10(12(11)14)9-4-8(5-15)6-16-7-9/h1-4,6-7H. The van der Waals surface area contributed by atoms with E-state index in [1.165, 1.54) is 6.20 Å². The minimum atomic E-state index is 0.473.